The molecule has 102 heavy (non-hydrogen) atoms. The summed E-state index contributed by atoms with van der Waals surface area (Å²) in [5.74, 6) is -1.41. The molecule has 6 aromatic rings. The quantitative estimate of drug-likeness (QED) is 0.0212. The Hall–Kier alpha value is -10.4. The molecule has 9 N–H and O–H groups in total. The van der Waals surface area contributed by atoms with Crippen LogP contribution in [0, 0.1) is 64.1 Å². The van der Waals surface area contributed by atoms with Gasteiger partial charge in [-0.2, -0.15) is 0 Å². The van der Waals surface area contributed by atoms with Gasteiger partial charge in [0.1, 0.15) is 5.56 Å². The number of non-ortho nitro benzene ring substituents is 4. The Morgan fingerprint density at radius 1 is 0.441 bits per heavy atom. The van der Waals surface area contributed by atoms with Gasteiger partial charge in [0.25, 0.3) is 28.7 Å². The normalized spacial score (nSPS) is 11.8. The average molecular weight is 1410 g/mol. The Bertz CT molecular complexity index is 3780. The van der Waals surface area contributed by atoms with Crippen LogP contribution in [0.25, 0.3) is 0 Å². The number of nitrogens with zero attached hydrogens (tertiary/aromatic N) is 7. The molecule has 558 valence electrons. The molecule has 24 heteroatoms. The van der Waals surface area contributed by atoms with Crippen LogP contribution in [-0.4, -0.2) is 58.5 Å². The van der Waals surface area contributed by atoms with E-state index in [0.717, 1.165) is 38.6 Å². The maximum Gasteiger partial charge on any atom is 0.276 e. The van der Waals surface area contributed by atoms with E-state index in [2.05, 4.69) is 120 Å². The monoisotopic (exact) mass is 1410 g/mol. The lowest BCUT2D eigenvalue weighted by atomic mass is 9.82. The summed E-state index contributed by atoms with van der Waals surface area (Å²) in [6.07, 6.45) is 16.2. The van der Waals surface area contributed by atoms with Crippen LogP contribution in [0.3, 0.4) is 0 Å². The minimum absolute atomic E-state index is 0.00153. The summed E-state index contributed by atoms with van der Waals surface area (Å²) in [5, 5.41) is 51.4. The van der Waals surface area contributed by atoms with Gasteiger partial charge >= 0.3 is 0 Å². The minimum Gasteiger partial charge on any atom is -0.366 e. The van der Waals surface area contributed by atoms with Crippen molar-refractivity contribution >= 4 is 46.4 Å². The van der Waals surface area contributed by atoms with Gasteiger partial charge in [-0.1, -0.05) is 222 Å². The van der Waals surface area contributed by atoms with E-state index in [9.17, 15) is 64.8 Å². The summed E-state index contributed by atoms with van der Waals surface area (Å²) in [6, 6.07) is 22.8. The fraction of sp³-hybridized carbons (Fsp3) is 0.449. The Kier molecular flexibility index (Phi) is 36.3. The molecule has 3 aromatic heterocycles. The van der Waals surface area contributed by atoms with Gasteiger partial charge < -0.3 is 22.9 Å². The number of hydrogen-bond donors (Lipinski definition) is 5. The van der Waals surface area contributed by atoms with Crippen LogP contribution in [0.15, 0.2) is 159 Å². The van der Waals surface area contributed by atoms with Gasteiger partial charge in [-0.15, -0.1) is 0 Å². The van der Waals surface area contributed by atoms with Crippen molar-refractivity contribution in [1.29, 1.82) is 0 Å². The van der Waals surface area contributed by atoms with E-state index in [0.29, 0.717) is 22.6 Å². The highest BCUT2D eigenvalue weighted by atomic mass is 16.6. The second kappa shape index (κ2) is 39.6. The number of aryl methyl sites for hydroxylation is 1. The van der Waals surface area contributed by atoms with Crippen LogP contribution >= 0.6 is 0 Å². The number of benzene rings is 3. The predicted octanol–water partition coefficient (Wildman–Crippen LogP) is 16.7. The van der Waals surface area contributed by atoms with E-state index in [1.165, 1.54) is 53.9 Å². The van der Waals surface area contributed by atoms with Gasteiger partial charge in [-0.05, 0) is 113 Å². The second-order valence-electron chi connectivity index (χ2n) is 32.4. The first-order valence-electron chi connectivity index (χ1n) is 32.7. The first-order chi connectivity index (χ1) is 45.9. The number of nitro benzene ring substituents is 4. The zero-order valence-corrected chi connectivity index (χ0v) is 64.9. The van der Waals surface area contributed by atoms with Gasteiger partial charge in [0.05, 0.1) is 31.3 Å². The van der Waals surface area contributed by atoms with Crippen molar-refractivity contribution in [3.8, 4) is 0 Å². The van der Waals surface area contributed by atoms with Gasteiger partial charge in [0.2, 0.25) is 30.1 Å². The summed E-state index contributed by atoms with van der Waals surface area (Å²) in [4.78, 5) is 90.7. The molecule has 4 amide bonds. The lowest BCUT2D eigenvalue weighted by Crippen LogP contribution is -2.34. The van der Waals surface area contributed by atoms with Crippen LogP contribution in [0.4, 0.5) is 22.7 Å². The third-order valence-electron chi connectivity index (χ3n) is 15.0. The topological polar surface area (TPSA) is 395 Å². The summed E-state index contributed by atoms with van der Waals surface area (Å²) >= 11 is 0. The van der Waals surface area contributed by atoms with Gasteiger partial charge in [0, 0.05) is 77.6 Å². The molecule has 0 bridgehead atoms. The molecule has 0 aliphatic carbocycles. The molecular formula is C78H114N11O13+. The largest absolute Gasteiger partial charge is 0.366 e. The predicted molar refractivity (Wildman–Crippen MR) is 406 cm³/mol. The molecule has 0 aliphatic rings. The highest BCUT2D eigenvalue weighted by Crippen LogP contribution is 2.32. The van der Waals surface area contributed by atoms with E-state index in [1.54, 1.807) is 67.0 Å². The van der Waals surface area contributed by atoms with Gasteiger partial charge in [-0.25, -0.2) is 0 Å². The molecule has 1 unspecified atom stereocenters. The van der Waals surface area contributed by atoms with Crippen molar-refractivity contribution in [2.45, 2.75) is 213 Å². The third kappa shape index (κ3) is 38.3. The maximum atomic E-state index is 10.9. The first-order valence-corrected chi connectivity index (χ1v) is 32.7. The van der Waals surface area contributed by atoms with E-state index < -0.39 is 27.6 Å². The number of pyridine rings is 3. The van der Waals surface area contributed by atoms with E-state index in [1.807, 2.05) is 108 Å². The molecular weight excluding hydrogens is 1300 g/mol. The summed E-state index contributed by atoms with van der Waals surface area (Å²) < 4.78 is 0.862. The third-order valence-corrected chi connectivity index (χ3v) is 15.0. The lowest BCUT2D eigenvalue weighted by Gasteiger charge is -2.23. The molecule has 0 radical (unpaired) electrons. The highest BCUT2D eigenvalue weighted by Gasteiger charge is 2.25. The molecule has 0 saturated heterocycles. The number of allylic oxidation sites excluding steroid dienone is 3. The number of amides is 4. The molecule has 0 saturated carbocycles. The number of nitro groups is 4. The number of hydrogen-bond acceptors (Lipinski definition) is 15. The molecule has 0 spiro atoms. The molecule has 0 aliphatic heterocycles. The zero-order chi connectivity index (χ0) is 80.2. The second-order valence-corrected chi connectivity index (χ2v) is 32.4. The van der Waals surface area contributed by atoms with Crippen LogP contribution in [-0.2, 0) is 42.1 Å². The van der Waals surface area contributed by atoms with Crippen LogP contribution in [0.5, 0.6) is 0 Å². The van der Waals surface area contributed by atoms with E-state index >= 15 is 0 Å². The smallest absolute Gasteiger partial charge is 0.276 e. The number of carbonyl (C=O) groups is 4. The van der Waals surface area contributed by atoms with Crippen molar-refractivity contribution in [1.82, 2.24) is 9.97 Å². The van der Waals surface area contributed by atoms with Crippen LogP contribution in [0.1, 0.15) is 233 Å². The number of primary amides is 4. The Balaban J connectivity index is 0. The van der Waals surface area contributed by atoms with Crippen LogP contribution in [0.2, 0.25) is 0 Å². The van der Waals surface area contributed by atoms with E-state index in [-0.39, 0.29) is 81.8 Å². The summed E-state index contributed by atoms with van der Waals surface area (Å²) in [6.45, 7) is 57.0. The van der Waals surface area contributed by atoms with Gasteiger partial charge in [0.15, 0.2) is 0 Å². The minimum atomic E-state index is -0.623. The van der Waals surface area contributed by atoms with Crippen molar-refractivity contribution in [2.24, 2.45) is 39.7 Å². The van der Waals surface area contributed by atoms with Crippen molar-refractivity contribution in [3.05, 3.63) is 249 Å². The lowest BCUT2D eigenvalue weighted by molar-refractivity contribution is -0.905. The zero-order valence-electron chi connectivity index (χ0n) is 64.9. The number of carbonyl (C=O) groups excluding carboxylic acids is 4. The van der Waals surface area contributed by atoms with Crippen molar-refractivity contribution in [2.75, 3.05) is 0 Å². The molecule has 3 aromatic carbocycles. The molecule has 6 rings (SSSR count). The van der Waals surface area contributed by atoms with Crippen molar-refractivity contribution in [3.63, 3.8) is 0 Å². The number of rotatable bonds is 10. The molecule has 24 nitrogen and oxygen atoms in total. The summed E-state index contributed by atoms with van der Waals surface area (Å²) in [7, 11) is 0. The van der Waals surface area contributed by atoms with Crippen molar-refractivity contribution < 1.29 is 48.8 Å². The Labute approximate surface area is 603 Å². The number of aromatic nitrogens is 3. The first kappa shape index (κ1) is 93.7. The fourth-order valence-corrected chi connectivity index (χ4v) is 7.43. The molecule has 3 heterocycles. The summed E-state index contributed by atoms with van der Waals surface area (Å²) in [5.41, 5.74) is 28.7. The molecule has 0 fully saturated rings. The standard InChI is InChI=1S/C10H12N2O4.C10H14N2O2.C10H14N2O.2C10H13NO2.C10H15N.C9H17NO.C9H15NO/c1-10(2,3)7-4-8(11(13)14)6-9(5-7)12(15)16;1-10(2,3)8-4-7(9(11)13)5-12(14)6-8;1-10(2,3)8-4-7(9(11)13)5-12-6-8;1-10(2,3)8-4-6-9(7-5-8)11(12)13;1-10(2,3)8-5-4-6-9(7-8)11(12)13;1-8-5-9(7-11-6-8)10(2,3)4;2*1-7(9(2,3)4)5-6-8(10)11/h4-6H,1-3H3;4-6H,1-3H3,(H2-,11,13,14);4-6H,1-3H3,(H2,11,13);2*4-7H,1-3H3;5-7H,1-4H3;5-7H,1-4H3,(H2,10,11);5-6H,1H2,2-4H3,(H2,10,11)/p+1/b;;;;;;2*6-5+. The Morgan fingerprint density at radius 2 is 0.824 bits per heavy atom. The average Bonchev–Trinajstić information content (AvgIpc) is 0.842. The van der Waals surface area contributed by atoms with Crippen LogP contribution < -0.4 is 27.7 Å². The SMILES string of the molecule is C=C(/C=C/C(N)=O)C(C)(C)C.CC(/C=C/C(N)=O)C(C)(C)C.CC(C)(C)c1cc(C(N)=O)c[n+](O)c1.CC(C)(C)c1cc([N+](=O)[O-])cc([N+](=O)[O-])c1.CC(C)(C)c1ccc([N+](=O)[O-])cc1.CC(C)(C)c1cccc([N+](=O)[O-])c1.CC(C)(C)c1cncc(C(N)=O)c1.Cc1cncc(C(C)(C)C)c1. The molecule has 1 atom stereocenters. The van der Waals surface area contributed by atoms with Gasteiger partial charge in [-0.3, -0.25) is 74.8 Å². The Morgan fingerprint density at radius 3 is 1.17 bits per heavy atom. The van der Waals surface area contributed by atoms with E-state index in [4.69, 9.17) is 22.9 Å². The fourth-order valence-electron chi connectivity index (χ4n) is 7.43. The maximum absolute atomic E-state index is 10.9. The number of nitrogens with two attached hydrogens (primary N) is 4. The highest BCUT2D eigenvalue weighted by molar-refractivity contribution is 5.93.